The van der Waals surface area contributed by atoms with E-state index >= 15 is 0 Å². The number of benzene rings is 3. The number of rotatable bonds is 6. The molecule has 5 nitrogen and oxygen atoms in total. The molecular weight excluding hydrogens is 427 g/mol. The molecule has 3 aromatic carbocycles. The van der Waals surface area contributed by atoms with Crippen LogP contribution in [-0.4, -0.2) is 59.9 Å². The third-order valence-electron chi connectivity index (χ3n) is 6.47. The number of halogens is 1. The summed E-state index contributed by atoms with van der Waals surface area (Å²) in [5, 5.41) is 4.80. The van der Waals surface area contributed by atoms with E-state index in [1.54, 1.807) is 19.2 Å². The highest BCUT2D eigenvalue weighted by Crippen LogP contribution is 2.31. The zero-order valence-corrected chi connectivity index (χ0v) is 19.6. The normalized spacial score (nSPS) is 14.9. The monoisotopic (exact) mass is 456 g/mol. The molecule has 4 aromatic rings. The fourth-order valence-electron chi connectivity index (χ4n) is 4.46. The lowest BCUT2D eigenvalue weighted by atomic mass is 10.0. The van der Waals surface area contributed by atoms with Gasteiger partial charge in [-0.05, 0) is 54.6 Å². The van der Waals surface area contributed by atoms with E-state index in [0.29, 0.717) is 0 Å². The molecule has 0 spiro atoms. The molecule has 1 aliphatic heterocycles. The Balaban J connectivity index is 1.51. The molecule has 0 saturated carbocycles. The second-order valence-corrected chi connectivity index (χ2v) is 8.80. The molecule has 0 bridgehead atoms. The first-order valence-electron chi connectivity index (χ1n) is 11.6. The fourth-order valence-corrected chi connectivity index (χ4v) is 4.46. The van der Waals surface area contributed by atoms with Crippen LogP contribution in [0.4, 0.5) is 4.39 Å². The second-order valence-electron chi connectivity index (χ2n) is 8.80. The number of hydrogen-bond donors (Lipinski definition) is 0. The molecule has 2 heterocycles. The molecule has 0 unspecified atom stereocenters. The summed E-state index contributed by atoms with van der Waals surface area (Å²) in [5.74, 6) is 0.593. The molecule has 6 heteroatoms. The summed E-state index contributed by atoms with van der Waals surface area (Å²) in [6.07, 6.45) is 1.99. The lowest BCUT2D eigenvalue weighted by Gasteiger charge is -2.32. The molecule has 1 aromatic heterocycles. The van der Waals surface area contributed by atoms with Gasteiger partial charge in [0.1, 0.15) is 11.6 Å². The highest BCUT2D eigenvalue weighted by molar-refractivity contribution is 5.69. The van der Waals surface area contributed by atoms with Gasteiger partial charge >= 0.3 is 0 Å². The zero-order valence-electron chi connectivity index (χ0n) is 19.6. The van der Waals surface area contributed by atoms with E-state index in [9.17, 15) is 4.39 Å². The van der Waals surface area contributed by atoms with E-state index in [-0.39, 0.29) is 5.82 Å². The lowest BCUT2D eigenvalue weighted by Crippen LogP contribution is -2.43. The Morgan fingerprint density at radius 2 is 1.53 bits per heavy atom. The molecule has 1 fully saturated rings. The number of ether oxygens (including phenoxy) is 1. The first-order chi connectivity index (χ1) is 16.6. The van der Waals surface area contributed by atoms with Crippen molar-refractivity contribution in [3.05, 3.63) is 90.4 Å². The van der Waals surface area contributed by atoms with Gasteiger partial charge in [-0.15, -0.1) is 0 Å². The molecule has 0 atom stereocenters. The number of hydrogen-bond acceptors (Lipinski definition) is 4. The summed E-state index contributed by atoms with van der Waals surface area (Å²) in [6.45, 7) is 5.10. The summed E-state index contributed by atoms with van der Waals surface area (Å²) < 4.78 is 20.8. The van der Waals surface area contributed by atoms with Crippen LogP contribution in [0.15, 0.2) is 79.0 Å². The van der Waals surface area contributed by atoms with Crippen LogP contribution in [0.2, 0.25) is 0 Å². The Kier molecular flexibility index (Phi) is 6.43. The van der Waals surface area contributed by atoms with Crippen LogP contribution in [-0.2, 0) is 6.54 Å². The zero-order chi connectivity index (χ0) is 23.5. The van der Waals surface area contributed by atoms with Crippen LogP contribution in [0, 0.1) is 5.82 Å². The maximum atomic E-state index is 13.3. The molecule has 5 rings (SSSR count). The van der Waals surface area contributed by atoms with Crippen LogP contribution in [0.3, 0.4) is 0 Å². The van der Waals surface area contributed by atoms with Gasteiger partial charge in [0.25, 0.3) is 0 Å². The molecule has 34 heavy (non-hydrogen) atoms. The van der Waals surface area contributed by atoms with Crippen molar-refractivity contribution in [2.45, 2.75) is 6.54 Å². The van der Waals surface area contributed by atoms with Gasteiger partial charge < -0.3 is 9.64 Å². The van der Waals surface area contributed by atoms with Crippen LogP contribution >= 0.6 is 0 Å². The third-order valence-corrected chi connectivity index (χ3v) is 6.47. The van der Waals surface area contributed by atoms with Gasteiger partial charge in [0.2, 0.25) is 0 Å². The van der Waals surface area contributed by atoms with Crippen molar-refractivity contribution in [3.8, 4) is 33.8 Å². The summed E-state index contributed by atoms with van der Waals surface area (Å²) in [5.41, 5.74) is 6.35. The Labute approximate surface area is 200 Å². The fraction of sp³-hybridized carbons (Fsp3) is 0.250. The van der Waals surface area contributed by atoms with Crippen molar-refractivity contribution in [3.63, 3.8) is 0 Å². The largest absolute Gasteiger partial charge is 0.497 e. The number of aromatic nitrogens is 2. The van der Waals surface area contributed by atoms with E-state index in [0.717, 1.165) is 66.5 Å². The van der Waals surface area contributed by atoms with Crippen molar-refractivity contribution in [2.24, 2.45) is 0 Å². The average molecular weight is 457 g/mol. The van der Waals surface area contributed by atoms with Gasteiger partial charge in [0, 0.05) is 43.9 Å². The minimum atomic E-state index is -0.229. The van der Waals surface area contributed by atoms with Crippen molar-refractivity contribution in [2.75, 3.05) is 40.3 Å². The van der Waals surface area contributed by atoms with Crippen LogP contribution < -0.4 is 4.74 Å². The van der Waals surface area contributed by atoms with Crippen LogP contribution in [0.5, 0.6) is 5.75 Å². The number of nitrogens with zero attached hydrogens (tertiary/aromatic N) is 4. The van der Waals surface area contributed by atoms with Gasteiger partial charge in [-0.25, -0.2) is 9.07 Å². The standard InChI is InChI=1S/C28H29FN4O/c1-31-14-16-32(17-15-31)20-24-19-30-33(28(24)23-4-3-5-27(18-23)34-2)26-12-8-22(9-13-26)21-6-10-25(29)11-7-21/h3-13,18-19H,14-17,20H2,1-2H3. The minimum Gasteiger partial charge on any atom is -0.497 e. The van der Waals surface area contributed by atoms with Gasteiger partial charge in [0.15, 0.2) is 0 Å². The molecule has 1 saturated heterocycles. The van der Waals surface area contributed by atoms with E-state index < -0.39 is 0 Å². The molecule has 0 aliphatic carbocycles. The van der Waals surface area contributed by atoms with E-state index in [4.69, 9.17) is 9.84 Å². The quantitative estimate of drug-likeness (QED) is 0.404. The molecular formula is C28H29FN4O. The second kappa shape index (κ2) is 9.79. The summed E-state index contributed by atoms with van der Waals surface area (Å²) in [6, 6.07) is 23.0. The summed E-state index contributed by atoms with van der Waals surface area (Å²) >= 11 is 0. The maximum absolute atomic E-state index is 13.3. The predicted octanol–water partition coefficient (Wildman–Crippen LogP) is 5.10. The molecule has 0 radical (unpaired) electrons. The highest BCUT2D eigenvalue weighted by Gasteiger charge is 2.20. The van der Waals surface area contributed by atoms with E-state index in [1.165, 1.54) is 17.7 Å². The Morgan fingerprint density at radius 1 is 0.853 bits per heavy atom. The van der Waals surface area contributed by atoms with E-state index in [2.05, 4.69) is 53.2 Å². The van der Waals surface area contributed by atoms with Crippen molar-refractivity contribution >= 4 is 0 Å². The molecule has 1 aliphatic rings. The average Bonchev–Trinajstić information content (AvgIpc) is 3.29. The first-order valence-corrected chi connectivity index (χ1v) is 11.6. The minimum absolute atomic E-state index is 0.229. The Bertz CT molecular complexity index is 1240. The van der Waals surface area contributed by atoms with Crippen molar-refractivity contribution in [1.82, 2.24) is 19.6 Å². The Hall–Kier alpha value is -3.48. The molecule has 0 N–H and O–H groups in total. The SMILES string of the molecule is COc1cccc(-c2c(CN3CCN(C)CC3)cnn2-c2ccc(-c3ccc(F)cc3)cc2)c1. The number of methoxy groups -OCH3 is 1. The smallest absolute Gasteiger partial charge is 0.123 e. The first kappa shape index (κ1) is 22.3. The predicted molar refractivity (Wildman–Crippen MR) is 134 cm³/mol. The summed E-state index contributed by atoms with van der Waals surface area (Å²) in [7, 11) is 3.86. The maximum Gasteiger partial charge on any atom is 0.123 e. The van der Waals surface area contributed by atoms with Gasteiger partial charge in [-0.3, -0.25) is 4.90 Å². The highest BCUT2D eigenvalue weighted by atomic mass is 19.1. The molecule has 0 amide bonds. The lowest BCUT2D eigenvalue weighted by molar-refractivity contribution is 0.148. The van der Waals surface area contributed by atoms with Gasteiger partial charge in [-0.2, -0.15) is 5.10 Å². The summed E-state index contributed by atoms with van der Waals surface area (Å²) in [4.78, 5) is 4.86. The topological polar surface area (TPSA) is 33.5 Å². The van der Waals surface area contributed by atoms with Crippen LogP contribution in [0.1, 0.15) is 5.56 Å². The number of likely N-dealkylation sites (N-methyl/N-ethyl adjacent to an activating group) is 1. The van der Waals surface area contributed by atoms with Crippen molar-refractivity contribution in [1.29, 1.82) is 0 Å². The number of piperazine rings is 1. The molecule has 174 valence electrons. The third kappa shape index (κ3) is 4.74. The van der Waals surface area contributed by atoms with Crippen molar-refractivity contribution < 1.29 is 9.13 Å². The van der Waals surface area contributed by atoms with Gasteiger partial charge in [0.05, 0.1) is 24.7 Å². The van der Waals surface area contributed by atoms with Crippen LogP contribution in [0.25, 0.3) is 28.1 Å². The van der Waals surface area contributed by atoms with Gasteiger partial charge in [-0.1, -0.05) is 36.4 Å². The Morgan fingerprint density at radius 3 is 2.21 bits per heavy atom. The van der Waals surface area contributed by atoms with E-state index in [1.807, 2.05) is 23.0 Å².